The molecule has 4 rings (SSSR count). The molecule has 0 radical (unpaired) electrons. The maximum absolute atomic E-state index is 13.4. The van der Waals surface area contributed by atoms with Gasteiger partial charge in [-0.25, -0.2) is 9.78 Å². The first kappa shape index (κ1) is 32.0. The van der Waals surface area contributed by atoms with Gasteiger partial charge in [0.05, 0.1) is 31.3 Å². The van der Waals surface area contributed by atoms with E-state index < -0.39 is 36.8 Å². The first-order valence-corrected chi connectivity index (χ1v) is 15.4. The van der Waals surface area contributed by atoms with Crippen LogP contribution >= 0.6 is 0 Å². The van der Waals surface area contributed by atoms with E-state index in [-0.39, 0.29) is 47.5 Å². The lowest BCUT2D eigenvalue weighted by molar-refractivity contribution is -0.180. The number of esters is 2. The van der Waals surface area contributed by atoms with Gasteiger partial charge >= 0.3 is 11.9 Å². The number of hydrogen-bond donors (Lipinski definition) is 1. The van der Waals surface area contributed by atoms with Gasteiger partial charge in [-0.15, -0.1) is 0 Å². The Morgan fingerprint density at radius 1 is 1.00 bits per heavy atom. The van der Waals surface area contributed by atoms with Crippen molar-refractivity contribution in [3.63, 3.8) is 0 Å². The smallest absolute Gasteiger partial charge is 0.329 e. The van der Waals surface area contributed by atoms with E-state index in [1.54, 1.807) is 13.8 Å². The normalized spacial score (nSPS) is 25.8. The van der Waals surface area contributed by atoms with Crippen LogP contribution < -0.4 is 14.8 Å². The molecule has 1 amide bonds. The fourth-order valence-electron chi connectivity index (χ4n) is 5.87. The summed E-state index contributed by atoms with van der Waals surface area (Å²) in [6, 6.07) is 0.623. The highest BCUT2D eigenvalue weighted by Crippen LogP contribution is 2.32. The largest absolute Gasteiger partial charge is 0.493 e. The van der Waals surface area contributed by atoms with Crippen molar-refractivity contribution in [1.29, 1.82) is 0 Å². The van der Waals surface area contributed by atoms with Crippen LogP contribution in [0.2, 0.25) is 0 Å². The molecule has 0 bridgehead atoms. The van der Waals surface area contributed by atoms with Crippen molar-refractivity contribution >= 4 is 17.8 Å². The van der Waals surface area contributed by atoms with E-state index in [2.05, 4.69) is 10.3 Å². The van der Waals surface area contributed by atoms with Gasteiger partial charge in [-0.1, -0.05) is 39.5 Å². The molecule has 3 fully saturated rings. The molecule has 3 aliphatic rings. The summed E-state index contributed by atoms with van der Waals surface area (Å²) >= 11 is 0. The Bertz CT molecular complexity index is 1050. The van der Waals surface area contributed by atoms with Gasteiger partial charge in [0.15, 0.2) is 17.2 Å². The quantitative estimate of drug-likeness (QED) is 0.290. The maximum atomic E-state index is 13.4. The van der Waals surface area contributed by atoms with Crippen LogP contribution in [0.15, 0.2) is 12.3 Å². The lowest BCUT2D eigenvalue weighted by Gasteiger charge is -2.34. The summed E-state index contributed by atoms with van der Waals surface area (Å²) in [5.74, 6) is -1.71. The predicted octanol–water partition coefficient (Wildman–Crippen LogP) is 4.50. The van der Waals surface area contributed by atoms with Gasteiger partial charge in [0.2, 0.25) is 6.79 Å². The average Bonchev–Trinajstić information content (AvgIpc) is 3.69. The second-order valence-electron chi connectivity index (χ2n) is 11.8. The number of nitrogens with one attached hydrogen (secondary N) is 1. The summed E-state index contributed by atoms with van der Waals surface area (Å²) in [6.07, 6.45) is 11.0. The maximum Gasteiger partial charge on any atom is 0.329 e. The number of nitrogens with zero attached hydrogens (tertiary/aromatic N) is 1. The van der Waals surface area contributed by atoms with Crippen LogP contribution in [-0.4, -0.2) is 73.3 Å². The van der Waals surface area contributed by atoms with Crippen molar-refractivity contribution in [2.24, 2.45) is 5.92 Å². The summed E-state index contributed by atoms with van der Waals surface area (Å²) in [5.41, 5.74) is -0.0967. The minimum absolute atomic E-state index is 0.00825. The molecule has 4 atom stereocenters. The van der Waals surface area contributed by atoms with Crippen LogP contribution in [0.25, 0.3) is 0 Å². The van der Waals surface area contributed by atoms with E-state index in [0.717, 1.165) is 51.4 Å². The first-order chi connectivity index (χ1) is 20.3. The van der Waals surface area contributed by atoms with Crippen molar-refractivity contribution in [3.8, 4) is 11.5 Å². The molecule has 1 aliphatic heterocycles. The van der Waals surface area contributed by atoms with Gasteiger partial charge < -0.3 is 33.7 Å². The van der Waals surface area contributed by atoms with Gasteiger partial charge in [0.1, 0.15) is 18.2 Å². The van der Waals surface area contributed by atoms with Crippen LogP contribution in [0.3, 0.4) is 0 Å². The molecule has 2 heterocycles. The van der Waals surface area contributed by atoms with E-state index in [9.17, 15) is 14.4 Å². The number of ether oxygens (including phenoxy) is 6. The monoisotopic (exact) mass is 590 g/mol. The second kappa shape index (κ2) is 15.5. The highest BCUT2D eigenvalue weighted by molar-refractivity contribution is 5.98. The molecule has 11 nitrogen and oxygen atoms in total. The highest BCUT2D eigenvalue weighted by atomic mass is 16.7. The van der Waals surface area contributed by atoms with E-state index in [4.69, 9.17) is 28.4 Å². The zero-order valence-electron chi connectivity index (χ0n) is 25.3. The zero-order valence-corrected chi connectivity index (χ0v) is 25.3. The molecular weight excluding hydrogens is 544 g/mol. The summed E-state index contributed by atoms with van der Waals surface area (Å²) in [6.45, 7) is 4.83. The summed E-state index contributed by atoms with van der Waals surface area (Å²) in [5, 5.41) is 2.79. The number of carbonyl (C=O) groups is 3. The third-order valence-electron chi connectivity index (χ3n) is 8.20. The number of cyclic esters (lactones) is 1. The van der Waals surface area contributed by atoms with Gasteiger partial charge in [0, 0.05) is 12.3 Å². The number of amides is 1. The average molecular weight is 591 g/mol. The first-order valence-electron chi connectivity index (χ1n) is 15.4. The summed E-state index contributed by atoms with van der Waals surface area (Å²) in [4.78, 5) is 42.9. The Kier molecular flexibility index (Phi) is 11.8. The third kappa shape index (κ3) is 8.56. The standard InChI is InChI=1S/C31H46N2O9/c1-19(2)30(35)39-18-38-28-24(37-4)16-17-32-26(28)29(34)33-23-14-9-15-25(41-21-10-5-6-11-21)27(20(3)40-31(23)36)42-22-12-7-8-13-22/h16-17,19-23,25,27H,5-15,18H2,1-4H3,(H,33,34)/t20-,23-,25-,27-/m0/s1. The Balaban J connectivity index is 1.47. The molecule has 42 heavy (non-hydrogen) atoms. The van der Waals surface area contributed by atoms with E-state index in [1.165, 1.54) is 19.4 Å². The van der Waals surface area contributed by atoms with Crippen LogP contribution in [0.5, 0.6) is 11.5 Å². The number of aromatic nitrogens is 1. The summed E-state index contributed by atoms with van der Waals surface area (Å²) in [7, 11) is 1.43. The highest BCUT2D eigenvalue weighted by Gasteiger charge is 2.39. The Morgan fingerprint density at radius 2 is 1.67 bits per heavy atom. The zero-order chi connectivity index (χ0) is 30.1. The van der Waals surface area contributed by atoms with Gasteiger partial charge in [-0.05, 0) is 51.9 Å². The van der Waals surface area contributed by atoms with Gasteiger partial charge in [-0.2, -0.15) is 0 Å². The molecule has 1 saturated heterocycles. The molecule has 2 aliphatic carbocycles. The van der Waals surface area contributed by atoms with E-state index in [0.29, 0.717) is 19.3 Å². The minimum Gasteiger partial charge on any atom is -0.493 e. The van der Waals surface area contributed by atoms with Crippen LogP contribution in [0.1, 0.15) is 102 Å². The third-order valence-corrected chi connectivity index (χ3v) is 8.20. The number of methoxy groups -OCH3 is 1. The van der Waals surface area contributed by atoms with E-state index >= 15 is 0 Å². The molecule has 2 saturated carbocycles. The molecular formula is C31H46N2O9. The Hall–Kier alpha value is -2.92. The fraction of sp³-hybridized carbons (Fsp3) is 0.742. The lowest BCUT2D eigenvalue weighted by Crippen LogP contribution is -2.47. The molecule has 0 aromatic carbocycles. The SMILES string of the molecule is COc1ccnc(C(=O)N[C@H]2CCC[C@H](OC3CCCC3)[C@@H](OC3CCCC3)[C@H](C)OC2=O)c1OCOC(=O)C(C)C. The lowest BCUT2D eigenvalue weighted by atomic mass is 10.0. The van der Waals surface area contributed by atoms with Gasteiger partial charge in [-0.3, -0.25) is 9.59 Å². The van der Waals surface area contributed by atoms with Crippen LogP contribution in [-0.2, 0) is 28.5 Å². The Labute approximate surface area is 248 Å². The van der Waals surface area contributed by atoms with Crippen molar-refractivity contribution in [2.75, 3.05) is 13.9 Å². The molecule has 1 N–H and O–H groups in total. The molecule has 234 valence electrons. The minimum atomic E-state index is -0.906. The molecule has 0 spiro atoms. The Morgan fingerprint density at radius 3 is 2.31 bits per heavy atom. The molecule has 1 aromatic rings. The predicted molar refractivity (Wildman–Crippen MR) is 152 cm³/mol. The molecule has 0 unspecified atom stereocenters. The van der Waals surface area contributed by atoms with Crippen LogP contribution in [0.4, 0.5) is 0 Å². The number of carbonyl (C=O) groups excluding carboxylic acids is 3. The van der Waals surface area contributed by atoms with Gasteiger partial charge in [0.25, 0.3) is 5.91 Å². The second-order valence-corrected chi connectivity index (χ2v) is 11.8. The van der Waals surface area contributed by atoms with Crippen LogP contribution in [0, 0.1) is 5.92 Å². The number of pyridine rings is 1. The molecule has 11 heteroatoms. The van der Waals surface area contributed by atoms with Crippen molar-refractivity contribution < 1.29 is 42.8 Å². The number of rotatable bonds is 11. The van der Waals surface area contributed by atoms with Crippen molar-refractivity contribution in [1.82, 2.24) is 10.3 Å². The fourth-order valence-corrected chi connectivity index (χ4v) is 5.87. The summed E-state index contributed by atoms with van der Waals surface area (Å²) < 4.78 is 35.1. The van der Waals surface area contributed by atoms with E-state index in [1.807, 2.05) is 6.92 Å². The van der Waals surface area contributed by atoms with Crippen molar-refractivity contribution in [3.05, 3.63) is 18.0 Å². The molecule has 1 aromatic heterocycles. The number of hydrogen-bond acceptors (Lipinski definition) is 10. The van der Waals surface area contributed by atoms with Crippen molar-refractivity contribution in [2.45, 2.75) is 128 Å². The topological polar surface area (TPSA) is 132 Å².